The van der Waals surface area contributed by atoms with E-state index in [0.717, 1.165) is 6.21 Å². The first-order valence-corrected chi connectivity index (χ1v) is 5.06. The highest BCUT2D eigenvalue weighted by Gasteiger charge is 2.28. The third kappa shape index (κ3) is 6.08. The molecule has 0 amide bonds. The lowest BCUT2D eigenvalue weighted by Gasteiger charge is -2.18. The van der Waals surface area contributed by atoms with E-state index in [4.69, 9.17) is 16.2 Å². The second kappa shape index (κ2) is 7.08. The number of nitrogens with two attached hydrogens (primary N) is 1. The van der Waals surface area contributed by atoms with Gasteiger partial charge in [0, 0.05) is 19.2 Å². The van der Waals surface area contributed by atoms with Gasteiger partial charge in [0.15, 0.2) is 0 Å². The molecule has 0 radical (unpaired) electrons. The molecule has 0 aromatic heterocycles. The van der Waals surface area contributed by atoms with E-state index in [9.17, 15) is 13.6 Å². The second-order valence-electron chi connectivity index (χ2n) is 3.87. The number of aliphatic carboxylic acids is 1. The predicted molar refractivity (Wildman–Crippen MR) is 60.4 cm³/mol. The summed E-state index contributed by atoms with van der Waals surface area (Å²) in [5.41, 5.74) is 3.80. The molecule has 98 valence electrons. The van der Waals surface area contributed by atoms with Crippen molar-refractivity contribution in [3.05, 3.63) is 11.7 Å². The SMILES string of the molecule is C[C@](N)(CC/C(F)=C(/F)CNCC=N)C(=O)O. The van der Waals surface area contributed by atoms with Crippen LogP contribution < -0.4 is 11.1 Å². The first-order chi connectivity index (χ1) is 7.81. The normalized spacial score (nSPS) is 16.0. The van der Waals surface area contributed by atoms with Crippen molar-refractivity contribution < 1.29 is 18.7 Å². The molecule has 0 fully saturated rings. The van der Waals surface area contributed by atoms with Crippen LogP contribution in [0.2, 0.25) is 0 Å². The van der Waals surface area contributed by atoms with E-state index in [1.54, 1.807) is 0 Å². The van der Waals surface area contributed by atoms with Crippen molar-refractivity contribution in [2.24, 2.45) is 5.73 Å². The third-order valence-electron chi connectivity index (χ3n) is 2.17. The van der Waals surface area contributed by atoms with Crippen LogP contribution in [-0.4, -0.2) is 35.9 Å². The lowest BCUT2D eigenvalue weighted by Crippen LogP contribution is -2.44. The molecule has 5 N–H and O–H groups in total. The number of hydrogen-bond acceptors (Lipinski definition) is 4. The number of rotatable bonds is 8. The molecule has 0 aliphatic heterocycles. The van der Waals surface area contributed by atoms with Gasteiger partial charge in [0.05, 0.1) is 6.54 Å². The van der Waals surface area contributed by atoms with Crippen LogP contribution in [0.4, 0.5) is 8.78 Å². The van der Waals surface area contributed by atoms with E-state index in [2.05, 4.69) is 5.32 Å². The van der Waals surface area contributed by atoms with Crippen molar-refractivity contribution in [3.63, 3.8) is 0 Å². The van der Waals surface area contributed by atoms with Crippen LogP contribution in [0.25, 0.3) is 0 Å². The van der Waals surface area contributed by atoms with Crippen molar-refractivity contribution >= 4 is 12.2 Å². The Hall–Kier alpha value is -1.34. The number of halogens is 2. The molecule has 0 unspecified atom stereocenters. The van der Waals surface area contributed by atoms with Crippen molar-refractivity contribution in [2.45, 2.75) is 25.3 Å². The molecule has 0 aliphatic carbocycles. The Balaban J connectivity index is 4.23. The Bertz CT molecular complexity index is 317. The quantitative estimate of drug-likeness (QED) is 0.380. The number of carboxylic acids is 1. The van der Waals surface area contributed by atoms with Gasteiger partial charge in [0.1, 0.15) is 17.2 Å². The minimum Gasteiger partial charge on any atom is -0.480 e. The van der Waals surface area contributed by atoms with Gasteiger partial charge >= 0.3 is 5.97 Å². The first-order valence-electron chi connectivity index (χ1n) is 5.06. The second-order valence-corrected chi connectivity index (χ2v) is 3.87. The lowest BCUT2D eigenvalue weighted by molar-refractivity contribution is -0.142. The van der Waals surface area contributed by atoms with Gasteiger partial charge in [-0.05, 0) is 13.3 Å². The van der Waals surface area contributed by atoms with E-state index in [0.29, 0.717) is 0 Å². The van der Waals surface area contributed by atoms with Crippen molar-refractivity contribution in [2.75, 3.05) is 13.1 Å². The molecular formula is C10H17F2N3O2. The summed E-state index contributed by atoms with van der Waals surface area (Å²) in [6.07, 6.45) is 0.468. The van der Waals surface area contributed by atoms with Gasteiger partial charge in [-0.25, -0.2) is 8.78 Å². The van der Waals surface area contributed by atoms with E-state index < -0.39 is 23.2 Å². The average molecular weight is 249 g/mol. The zero-order valence-corrected chi connectivity index (χ0v) is 9.59. The molecule has 0 aromatic carbocycles. The Morgan fingerprint density at radius 1 is 1.53 bits per heavy atom. The molecular weight excluding hydrogens is 232 g/mol. The van der Waals surface area contributed by atoms with Crippen LogP contribution in [0.15, 0.2) is 11.7 Å². The molecule has 7 heteroatoms. The summed E-state index contributed by atoms with van der Waals surface area (Å²) in [5, 5.41) is 17.8. The predicted octanol–water partition coefficient (Wildman–Crippen LogP) is 0.958. The van der Waals surface area contributed by atoms with Gasteiger partial charge in [-0.3, -0.25) is 4.79 Å². The third-order valence-corrected chi connectivity index (χ3v) is 2.17. The average Bonchev–Trinajstić information content (AvgIpc) is 2.26. The summed E-state index contributed by atoms with van der Waals surface area (Å²) in [5.74, 6) is -3.26. The Morgan fingerprint density at radius 2 is 2.12 bits per heavy atom. The highest BCUT2D eigenvalue weighted by Crippen LogP contribution is 2.18. The Morgan fingerprint density at radius 3 is 2.59 bits per heavy atom. The van der Waals surface area contributed by atoms with Gasteiger partial charge < -0.3 is 21.6 Å². The fourth-order valence-electron chi connectivity index (χ4n) is 0.962. The molecule has 5 nitrogen and oxygen atoms in total. The van der Waals surface area contributed by atoms with Crippen LogP contribution in [0.3, 0.4) is 0 Å². The molecule has 0 saturated carbocycles. The van der Waals surface area contributed by atoms with Crippen LogP contribution in [-0.2, 0) is 4.79 Å². The maximum Gasteiger partial charge on any atom is 0.323 e. The Labute approximate surface area is 98.2 Å². The van der Waals surface area contributed by atoms with Crippen LogP contribution in [0.5, 0.6) is 0 Å². The molecule has 17 heavy (non-hydrogen) atoms. The largest absolute Gasteiger partial charge is 0.480 e. The molecule has 0 aromatic rings. The number of allylic oxidation sites excluding steroid dienone is 1. The summed E-state index contributed by atoms with van der Waals surface area (Å²) in [6.45, 7) is 1.06. The molecule has 0 spiro atoms. The van der Waals surface area contributed by atoms with Crippen molar-refractivity contribution in [3.8, 4) is 0 Å². The van der Waals surface area contributed by atoms with E-state index >= 15 is 0 Å². The van der Waals surface area contributed by atoms with Gasteiger partial charge in [0.2, 0.25) is 0 Å². The minimum atomic E-state index is -1.57. The van der Waals surface area contributed by atoms with Gasteiger partial charge in [-0.1, -0.05) is 0 Å². The minimum absolute atomic E-state index is 0.143. The smallest absolute Gasteiger partial charge is 0.323 e. The molecule has 0 saturated heterocycles. The zero-order valence-electron chi connectivity index (χ0n) is 9.59. The summed E-state index contributed by atoms with van der Waals surface area (Å²) in [7, 11) is 0. The number of nitrogens with one attached hydrogen (secondary N) is 2. The topological polar surface area (TPSA) is 99.2 Å². The molecule has 1 atom stereocenters. The standard InChI is InChI=1S/C10H17F2N3O2/c1-10(14,9(16)17)3-2-7(11)8(12)6-15-5-4-13/h4,13,15H,2-3,5-6,14H2,1H3,(H,16,17)/b8-7-,13-4?/t10-/m0/s1. The van der Waals surface area contributed by atoms with E-state index in [1.165, 1.54) is 6.92 Å². The van der Waals surface area contributed by atoms with Gasteiger partial charge in [-0.15, -0.1) is 0 Å². The summed E-state index contributed by atoms with van der Waals surface area (Å²) < 4.78 is 26.3. The summed E-state index contributed by atoms with van der Waals surface area (Å²) in [4.78, 5) is 10.6. The molecule has 0 aliphatic rings. The fraction of sp³-hybridized carbons (Fsp3) is 0.600. The van der Waals surface area contributed by atoms with Crippen LogP contribution >= 0.6 is 0 Å². The van der Waals surface area contributed by atoms with E-state index in [-0.39, 0.29) is 25.9 Å². The van der Waals surface area contributed by atoms with Crippen LogP contribution in [0.1, 0.15) is 19.8 Å². The lowest BCUT2D eigenvalue weighted by atomic mass is 9.97. The van der Waals surface area contributed by atoms with Crippen LogP contribution in [0, 0.1) is 5.41 Å². The van der Waals surface area contributed by atoms with E-state index in [1.807, 2.05) is 0 Å². The molecule has 0 heterocycles. The maximum absolute atomic E-state index is 13.2. The highest BCUT2D eigenvalue weighted by atomic mass is 19.2. The number of hydrogen-bond donors (Lipinski definition) is 4. The highest BCUT2D eigenvalue weighted by molar-refractivity contribution is 5.77. The van der Waals surface area contributed by atoms with Gasteiger partial charge in [-0.2, -0.15) is 0 Å². The van der Waals surface area contributed by atoms with Crippen molar-refractivity contribution in [1.29, 1.82) is 5.41 Å². The monoisotopic (exact) mass is 249 g/mol. The maximum atomic E-state index is 13.2. The van der Waals surface area contributed by atoms with Crippen molar-refractivity contribution in [1.82, 2.24) is 5.32 Å². The number of carboxylic acid groups (broad SMARTS) is 1. The fourth-order valence-corrected chi connectivity index (χ4v) is 0.962. The summed E-state index contributed by atoms with van der Waals surface area (Å²) >= 11 is 0. The molecule has 0 rings (SSSR count). The zero-order chi connectivity index (χ0) is 13.5. The summed E-state index contributed by atoms with van der Waals surface area (Å²) in [6, 6.07) is 0. The molecule has 0 bridgehead atoms. The first kappa shape index (κ1) is 15.7. The Kier molecular flexibility index (Phi) is 6.52. The number of carbonyl (C=O) groups is 1. The van der Waals surface area contributed by atoms with Gasteiger partial charge in [0.25, 0.3) is 0 Å².